The Morgan fingerprint density at radius 1 is 1.13 bits per heavy atom. The maximum atomic E-state index is 14.1. The number of amides is 1. The van der Waals surface area contributed by atoms with Gasteiger partial charge in [0, 0.05) is 11.3 Å². The van der Waals surface area contributed by atoms with Gasteiger partial charge >= 0.3 is 6.18 Å². The third-order valence-electron chi connectivity index (χ3n) is 5.13. The van der Waals surface area contributed by atoms with E-state index in [0.29, 0.717) is 18.6 Å². The number of nitrogens with one attached hydrogen (secondary N) is 1. The zero-order valence-electron chi connectivity index (χ0n) is 16.5. The number of alkyl halides is 3. The number of sulfone groups is 1. The number of anilines is 1. The fourth-order valence-electron chi connectivity index (χ4n) is 3.04. The number of aliphatic hydroxyl groups is 1. The average molecular weight is 459 g/mol. The molecule has 3 rings (SSSR count). The van der Waals surface area contributed by atoms with Crippen LogP contribution in [0.2, 0.25) is 0 Å². The second kappa shape index (κ2) is 8.23. The maximum Gasteiger partial charge on any atom is 0.421 e. The number of hydrogen-bond donors (Lipinski definition) is 2. The molecule has 1 fully saturated rings. The molecule has 0 aliphatic heterocycles. The Morgan fingerprint density at radius 3 is 2.26 bits per heavy atom. The van der Waals surface area contributed by atoms with Crippen LogP contribution in [0.5, 0.6) is 0 Å². The molecule has 31 heavy (non-hydrogen) atoms. The largest absolute Gasteiger partial charge is 0.421 e. The summed E-state index contributed by atoms with van der Waals surface area (Å²) in [6, 6.07) is 8.37. The van der Waals surface area contributed by atoms with Crippen molar-refractivity contribution in [3.8, 4) is 0 Å². The summed E-state index contributed by atoms with van der Waals surface area (Å²) in [6.07, 6.45) is -3.40. The molecule has 168 valence electrons. The van der Waals surface area contributed by atoms with Gasteiger partial charge in [0.05, 0.1) is 17.1 Å². The highest BCUT2D eigenvalue weighted by atomic mass is 32.2. The SMILES string of the molecule is CC(O)(c1ccc(NC(=O)Cc2ccc(S(=O)(=O)CC3CC3)cc2)cc1F)C(F)(F)F. The van der Waals surface area contributed by atoms with Gasteiger partial charge in [-0.2, -0.15) is 13.2 Å². The molecule has 0 bridgehead atoms. The van der Waals surface area contributed by atoms with E-state index in [0.717, 1.165) is 25.0 Å². The molecule has 2 N–H and O–H groups in total. The highest BCUT2D eigenvalue weighted by molar-refractivity contribution is 7.91. The first-order valence-electron chi connectivity index (χ1n) is 9.50. The van der Waals surface area contributed by atoms with E-state index in [2.05, 4.69) is 5.32 Å². The molecule has 2 aromatic carbocycles. The minimum absolute atomic E-state index is 0.0761. The van der Waals surface area contributed by atoms with Crippen LogP contribution in [0.15, 0.2) is 47.4 Å². The van der Waals surface area contributed by atoms with Gasteiger partial charge in [-0.3, -0.25) is 4.79 Å². The monoisotopic (exact) mass is 459 g/mol. The Bertz CT molecular complexity index is 1080. The van der Waals surface area contributed by atoms with E-state index in [9.17, 15) is 35.9 Å². The Balaban J connectivity index is 1.65. The van der Waals surface area contributed by atoms with Crippen LogP contribution in [0.1, 0.15) is 30.9 Å². The highest BCUT2D eigenvalue weighted by Crippen LogP contribution is 2.40. The average Bonchev–Trinajstić information content (AvgIpc) is 3.44. The van der Waals surface area contributed by atoms with Crippen molar-refractivity contribution in [2.45, 2.75) is 42.9 Å². The number of benzene rings is 2. The minimum atomic E-state index is -5.07. The number of halogens is 4. The molecule has 0 radical (unpaired) electrons. The Labute approximate surface area is 177 Å². The first-order valence-corrected chi connectivity index (χ1v) is 11.2. The fourth-order valence-corrected chi connectivity index (χ4v) is 4.73. The first kappa shape index (κ1) is 23.2. The quantitative estimate of drug-likeness (QED) is 0.614. The molecule has 1 amide bonds. The molecule has 1 aliphatic rings. The van der Waals surface area contributed by atoms with Crippen LogP contribution in [0, 0.1) is 11.7 Å². The summed E-state index contributed by atoms with van der Waals surface area (Å²) in [5.41, 5.74) is -3.89. The Kier molecular flexibility index (Phi) is 6.16. The normalized spacial score (nSPS) is 16.6. The van der Waals surface area contributed by atoms with E-state index >= 15 is 0 Å². The summed E-state index contributed by atoms with van der Waals surface area (Å²) in [5, 5.41) is 12.0. The first-order chi connectivity index (χ1) is 14.3. The molecule has 0 saturated heterocycles. The van der Waals surface area contributed by atoms with Crippen molar-refractivity contribution in [1.82, 2.24) is 0 Å². The van der Waals surface area contributed by atoms with Gasteiger partial charge in [0.1, 0.15) is 5.82 Å². The molecule has 1 unspecified atom stereocenters. The second-order valence-electron chi connectivity index (χ2n) is 7.86. The molecule has 1 aliphatic carbocycles. The van der Waals surface area contributed by atoms with Crippen molar-refractivity contribution in [1.29, 1.82) is 0 Å². The van der Waals surface area contributed by atoms with E-state index in [1.54, 1.807) is 0 Å². The molecule has 1 atom stereocenters. The third kappa shape index (κ3) is 5.43. The summed E-state index contributed by atoms with van der Waals surface area (Å²) >= 11 is 0. The molecular formula is C21H21F4NO4S. The predicted molar refractivity (Wildman–Crippen MR) is 106 cm³/mol. The fraction of sp³-hybridized carbons (Fsp3) is 0.381. The van der Waals surface area contributed by atoms with Crippen LogP contribution >= 0.6 is 0 Å². The minimum Gasteiger partial charge on any atom is -0.376 e. The second-order valence-corrected chi connectivity index (χ2v) is 9.89. The lowest BCUT2D eigenvalue weighted by Crippen LogP contribution is -2.40. The van der Waals surface area contributed by atoms with Crippen molar-refractivity contribution >= 4 is 21.4 Å². The number of carbonyl (C=O) groups is 1. The van der Waals surface area contributed by atoms with Gasteiger partial charge in [-0.1, -0.05) is 18.2 Å². The smallest absolute Gasteiger partial charge is 0.376 e. The van der Waals surface area contributed by atoms with E-state index < -0.39 is 38.9 Å². The Morgan fingerprint density at radius 2 is 1.74 bits per heavy atom. The van der Waals surface area contributed by atoms with Gasteiger partial charge < -0.3 is 10.4 Å². The van der Waals surface area contributed by atoms with Crippen LogP contribution in [-0.4, -0.2) is 31.4 Å². The van der Waals surface area contributed by atoms with Crippen LogP contribution in [0.4, 0.5) is 23.2 Å². The van der Waals surface area contributed by atoms with E-state index in [-0.39, 0.29) is 28.7 Å². The van der Waals surface area contributed by atoms with Crippen molar-refractivity contribution in [2.24, 2.45) is 5.92 Å². The van der Waals surface area contributed by atoms with Crippen LogP contribution in [0.3, 0.4) is 0 Å². The standard InChI is InChI=1S/C21H21F4NO4S/c1-20(28,21(23,24)25)17-9-6-15(11-18(17)22)26-19(27)10-13-4-7-16(8-5-13)31(29,30)12-14-2-3-14/h4-9,11,14,28H,2-3,10,12H2,1H3,(H,26,27). The summed E-state index contributed by atoms with van der Waals surface area (Å²) in [5.74, 6) is -1.56. The van der Waals surface area contributed by atoms with Crippen molar-refractivity contribution in [3.05, 3.63) is 59.4 Å². The van der Waals surface area contributed by atoms with E-state index in [1.165, 1.54) is 24.3 Å². The van der Waals surface area contributed by atoms with E-state index in [1.807, 2.05) is 0 Å². The van der Waals surface area contributed by atoms with Gasteiger partial charge in [0.15, 0.2) is 15.4 Å². The predicted octanol–water partition coefficient (Wildman–Crippen LogP) is 3.96. The molecule has 5 nitrogen and oxygen atoms in total. The third-order valence-corrected chi connectivity index (χ3v) is 7.03. The van der Waals surface area contributed by atoms with Gasteiger partial charge in [-0.05, 0) is 55.5 Å². The molecule has 0 heterocycles. The summed E-state index contributed by atoms with van der Waals surface area (Å²) in [7, 11) is -3.37. The topological polar surface area (TPSA) is 83.5 Å². The summed E-state index contributed by atoms with van der Waals surface area (Å²) in [4.78, 5) is 12.4. The van der Waals surface area contributed by atoms with Gasteiger partial charge in [0.2, 0.25) is 5.91 Å². The van der Waals surface area contributed by atoms with Crippen molar-refractivity contribution < 1.29 is 35.9 Å². The molecule has 0 aromatic heterocycles. The lowest BCUT2D eigenvalue weighted by molar-refractivity contribution is -0.259. The molecule has 2 aromatic rings. The van der Waals surface area contributed by atoms with Crippen LogP contribution in [-0.2, 0) is 26.7 Å². The maximum absolute atomic E-state index is 14.1. The molecule has 1 saturated carbocycles. The number of carbonyl (C=O) groups excluding carboxylic acids is 1. The number of rotatable bonds is 7. The lowest BCUT2D eigenvalue weighted by Gasteiger charge is -2.27. The van der Waals surface area contributed by atoms with E-state index in [4.69, 9.17) is 0 Å². The van der Waals surface area contributed by atoms with Crippen LogP contribution < -0.4 is 5.32 Å². The van der Waals surface area contributed by atoms with Crippen molar-refractivity contribution in [2.75, 3.05) is 11.1 Å². The highest BCUT2D eigenvalue weighted by Gasteiger charge is 2.52. The zero-order valence-corrected chi connectivity index (χ0v) is 17.4. The van der Waals surface area contributed by atoms with Gasteiger partial charge in [-0.15, -0.1) is 0 Å². The summed E-state index contributed by atoms with van der Waals surface area (Å²) < 4.78 is 77.3. The zero-order chi connectivity index (χ0) is 23.0. The lowest BCUT2D eigenvalue weighted by atomic mass is 9.94. The van der Waals surface area contributed by atoms with Crippen molar-refractivity contribution in [3.63, 3.8) is 0 Å². The molecule has 0 spiro atoms. The molecular weight excluding hydrogens is 438 g/mol. The summed E-state index contributed by atoms with van der Waals surface area (Å²) in [6.45, 7) is 0.443. The van der Waals surface area contributed by atoms with Gasteiger partial charge in [0.25, 0.3) is 0 Å². The molecule has 10 heteroatoms. The number of hydrogen-bond acceptors (Lipinski definition) is 4. The van der Waals surface area contributed by atoms with Gasteiger partial charge in [-0.25, -0.2) is 12.8 Å². The van der Waals surface area contributed by atoms with Crippen LogP contribution in [0.25, 0.3) is 0 Å². The Hall–Kier alpha value is -2.46.